The van der Waals surface area contributed by atoms with E-state index < -0.39 is 17.5 Å². The molecule has 110 valence electrons. The van der Waals surface area contributed by atoms with Gasteiger partial charge in [-0.05, 0) is 18.9 Å². The molecular formula is C16H22O4. The minimum absolute atomic E-state index is 0.0638. The highest BCUT2D eigenvalue weighted by Gasteiger charge is 2.40. The number of ether oxygens (including phenoxy) is 2. The zero-order valence-corrected chi connectivity index (χ0v) is 12.0. The number of esters is 1. The number of carbonyl (C=O) groups is 1. The highest BCUT2D eigenvalue weighted by Crippen LogP contribution is 2.28. The lowest BCUT2D eigenvalue weighted by Crippen LogP contribution is -2.43. The van der Waals surface area contributed by atoms with Gasteiger partial charge in [-0.3, -0.25) is 4.79 Å². The van der Waals surface area contributed by atoms with Gasteiger partial charge in [-0.15, -0.1) is 6.58 Å². The highest BCUT2D eigenvalue weighted by molar-refractivity contribution is 5.77. The molecule has 20 heavy (non-hydrogen) atoms. The summed E-state index contributed by atoms with van der Waals surface area (Å²) in [5.41, 5.74) is -0.0177. The number of rotatable bonds is 8. The SMILES string of the molecule is C=CC[C@@](C)(C(=O)OC)C(O)COCc1ccccc1. The van der Waals surface area contributed by atoms with Gasteiger partial charge in [0.25, 0.3) is 0 Å². The lowest BCUT2D eigenvalue weighted by Gasteiger charge is -2.30. The molecule has 0 aromatic heterocycles. The van der Waals surface area contributed by atoms with Crippen LogP contribution >= 0.6 is 0 Å². The van der Waals surface area contributed by atoms with Crippen molar-refractivity contribution in [2.45, 2.75) is 26.1 Å². The van der Waals surface area contributed by atoms with Gasteiger partial charge < -0.3 is 14.6 Å². The number of hydrogen-bond donors (Lipinski definition) is 1. The number of benzene rings is 1. The molecule has 1 rings (SSSR count). The molecule has 0 fully saturated rings. The van der Waals surface area contributed by atoms with Crippen LogP contribution in [0.1, 0.15) is 18.9 Å². The lowest BCUT2D eigenvalue weighted by atomic mass is 9.81. The van der Waals surface area contributed by atoms with E-state index >= 15 is 0 Å². The van der Waals surface area contributed by atoms with Crippen molar-refractivity contribution >= 4 is 5.97 Å². The van der Waals surface area contributed by atoms with Crippen molar-refractivity contribution in [3.05, 3.63) is 48.6 Å². The molecule has 1 unspecified atom stereocenters. The molecule has 0 amide bonds. The lowest BCUT2D eigenvalue weighted by molar-refractivity contribution is -0.161. The predicted molar refractivity (Wildman–Crippen MR) is 77.0 cm³/mol. The Labute approximate surface area is 120 Å². The van der Waals surface area contributed by atoms with E-state index in [0.29, 0.717) is 13.0 Å². The first-order valence-electron chi connectivity index (χ1n) is 6.53. The van der Waals surface area contributed by atoms with Crippen molar-refractivity contribution in [2.24, 2.45) is 5.41 Å². The van der Waals surface area contributed by atoms with Crippen LogP contribution in [0.25, 0.3) is 0 Å². The van der Waals surface area contributed by atoms with Gasteiger partial charge in [0.15, 0.2) is 0 Å². The van der Waals surface area contributed by atoms with E-state index in [2.05, 4.69) is 6.58 Å². The predicted octanol–water partition coefficient (Wildman–Crippen LogP) is 2.32. The van der Waals surface area contributed by atoms with Crippen LogP contribution in [-0.2, 0) is 20.9 Å². The molecule has 0 radical (unpaired) electrons. The molecule has 1 N–H and O–H groups in total. The van der Waals surface area contributed by atoms with Gasteiger partial charge in [0.05, 0.1) is 31.8 Å². The second-order valence-corrected chi connectivity index (χ2v) is 4.92. The third kappa shape index (κ3) is 4.18. The topological polar surface area (TPSA) is 55.8 Å². The Morgan fingerprint density at radius 2 is 2.10 bits per heavy atom. The third-order valence-electron chi connectivity index (χ3n) is 3.34. The summed E-state index contributed by atoms with van der Waals surface area (Å²) in [6.07, 6.45) is 0.976. The molecule has 0 heterocycles. The summed E-state index contributed by atoms with van der Waals surface area (Å²) in [5.74, 6) is -0.465. The smallest absolute Gasteiger partial charge is 0.314 e. The number of carbonyl (C=O) groups excluding carboxylic acids is 1. The summed E-state index contributed by atoms with van der Waals surface area (Å²) >= 11 is 0. The van der Waals surface area contributed by atoms with Crippen molar-refractivity contribution < 1.29 is 19.4 Å². The van der Waals surface area contributed by atoms with Crippen molar-refractivity contribution in [2.75, 3.05) is 13.7 Å². The first-order chi connectivity index (χ1) is 9.54. The molecule has 0 saturated heterocycles. The summed E-state index contributed by atoms with van der Waals surface area (Å²) < 4.78 is 10.2. The van der Waals surface area contributed by atoms with Crippen LogP contribution in [0.3, 0.4) is 0 Å². The van der Waals surface area contributed by atoms with Crippen LogP contribution in [0.2, 0.25) is 0 Å². The minimum atomic E-state index is -1.03. The van der Waals surface area contributed by atoms with Gasteiger partial charge in [-0.2, -0.15) is 0 Å². The number of hydrogen-bond acceptors (Lipinski definition) is 4. The van der Waals surface area contributed by atoms with E-state index in [0.717, 1.165) is 5.56 Å². The number of aliphatic hydroxyl groups is 1. The molecular weight excluding hydrogens is 256 g/mol. The Hall–Kier alpha value is -1.65. The van der Waals surface area contributed by atoms with Gasteiger partial charge in [-0.25, -0.2) is 0 Å². The summed E-state index contributed by atoms with van der Waals surface area (Å²) in [4.78, 5) is 11.8. The van der Waals surface area contributed by atoms with E-state index in [1.54, 1.807) is 13.0 Å². The fourth-order valence-corrected chi connectivity index (χ4v) is 1.93. The van der Waals surface area contributed by atoms with Crippen molar-refractivity contribution in [1.29, 1.82) is 0 Å². The quantitative estimate of drug-likeness (QED) is 0.585. The molecule has 2 atom stereocenters. The summed E-state index contributed by atoms with van der Waals surface area (Å²) in [6.45, 7) is 5.72. The number of methoxy groups -OCH3 is 1. The zero-order chi connectivity index (χ0) is 15.0. The maximum atomic E-state index is 11.8. The Balaban J connectivity index is 2.56. The second-order valence-electron chi connectivity index (χ2n) is 4.92. The molecule has 0 spiro atoms. The normalized spacial score (nSPS) is 15.2. The molecule has 0 saturated carbocycles. The highest BCUT2D eigenvalue weighted by atomic mass is 16.5. The Morgan fingerprint density at radius 3 is 2.65 bits per heavy atom. The monoisotopic (exact) mass is 278 g/mol. The van der Waals surface area contributed by atoms with Gasteiger partial charge in [-0.1, -0.05) is 36.4 Å². The van der Waals surface area contributed by atoms with E-state index in [9.17, 15) is 9.90 Å². The van der Waals surface area contributed by atoms with Crippen LogP contribution in [0.15, 0.2) is 43.0 Å². The molecule has 0 aliphatic heterocycles. The van der Waals surface area contributed by atoms with E-state index in [-0.39, 0.29) is 6.61 Å². The average molecular weight is 278 g/mol. The Bertz CT molecular complexity index is 429. The van der Waals surface area contributed by atoms with Gasteiger partial charge >= 0.3 is 5.97 Å². The van der Waals surface area contributed by atoms with Crippen LogP contribution in [0.5, 0.6) is 0 Å². The van der Waals surface area contributed by atoms with Gasteiger partial charge in [0.2, 0.25) is 0 Å². The maximum absolute atomic E-state index is 11.8. The summed E-state index contributed by atoms with van der Waals surface area (Å²) in [5, 5.41) is 10.2. The fraction of sp³-hybridized carbons (Fsp3) is 0.438. The van der Waals surface area contributed by atoms with E-state index in [1.165, 1.54) is 7.11 Å². The average Bonchev–Trinajstić information content (AvgIpc) is 2.47. The van der Waals surface area contributed by atoms with Crippen LogP contribution in [0.4, 0.5) is 0 Å². The van der Waals surface area contributed by atoms with E-state index in [1.807, 2.05) is 30.3 Å². The minimum Gasteiger partial charge on any atom is -0.469 e. The van der Waals surface area contributed by atoms with E-state index in [4.69, 9.17) is 9.47 Å². The Kier molecular flexibility index (Phi) is 6.42. The van der Waals surface area contributed by atoms with Crippen LogP contribution in [0, 0.1) is 5.41 Å². The largest absolute Gasteiger partial charge is 0.469 e. The molecule has 4 heteroatoms. The number of allylic oxidation sites excluding steroid dienone is 1. The molecule has 0 aliphatic carbocycles. The summed E-state index contributed by atoms with van der Waals surface area (Å²) in [6, 6.07) is 9.65. The first kappa shape index (κ1) is 16.4. The molecule has 1 aromatic carbocycles. The molecule has 0 bridgehead atoms. The zero-order valence-electron chi connectivity index (χ0n) is 12.0. The third-order valence-corrected chi connectivity index (χ3v) is 3.34. The van der Waals surface area contributed by atoms with Crippen molar-refractivity contribution in [3.8, 4) is 0 Å². The first-order valence-corrected chi connectivity index (χ1v) is 6.53. The van der Waals surface area contributed by atoms with Crippen molar-refractivity contribution in [3.63, 3.8) is 0 Å². The standard InChI is InChI=1S/C16H22O4/c1-4-10-16(2,15(18)19-3)14(17)12-20-11-13-8-6-5-7-9-13/h4-9,14,17H,1,10-12H2,2-3H3/t14?,16-/m1/s1. The fourth-order valence-electron chi connectivity index (χ4n) is 1.93. The molecule has 1 aromatic rings. The Morgan fingerprint density at radius 1 is 1.45 bits per heavy atom. The summed E-state index contributed by atoms with van der Waals surface area (Å²) in [7, 11) is 1.31. The van der Waals surface area contributed by atoms with Gasteiger partial charge in [0.1, 0.15) is 0 Å². The van der Waals surface area contributed by atoms with Crippen LogP contribution < -0.4 is 0 Å². The second kappa shape index (κ2) is 7.82. The number of aliphatic hydroxyl groups excluding tert-OH is 1. The van der Waals surface area contributed by atoms with Crippen molar-refractivity contribution in [1.82, 2.24) is 0 Å². The van der Waals surface area contributed by atoms with Gasteiger partial charge in [0, 0.05) is 0 Å². The molecule has 4 nitrogen and oxygen atoms in total. The van der Waals surface area contributed by atoms with Crippen LogP contribution in [-0.4, -0.2) is 30.9 Å². The maximum Gasteiger partial charge on any atom is 0.314 e. The molecule has 0 aliphatic rings.